The molecule has 202 valence electrons. The van der Waals surface area contributed by atoms with Crippen molar-refractivity contribution in [2.24, 2.45) is 5.92 Å². The van der Waals surface area contributed by atoms with Crippen LogP contribution in [-0.4, -0.2) is 52.5 Å². The van der Waals surface area contributed by atoms with Gasteiger partial charge in [-0.25, -0.2) is 0 Å². The lowest BCUT2D eigenvalue weighted by atomic mass is 9.89. The Bertz CT molecular complexity index is 1650. The van der Waals surface area contributed by atoms with E-state index in [1.165, 1.54) is 0 Å². The van der Waals surface area contributed by atoms with Crippen LogP contribution in [0.25, 0.3) is 11.1 Å². The highest BCUT2D eigenvalue weighted by atomic mass is 16.2. The Morgan fingerprint density at radius 1 is 0.975 bits per heavy atom. The maximum absolute atomic E-state index is 13.6. The number of amides is 5. The number of nitrogens with zero attached hydrogens (tertiary/aromatic N) is 3. The number of benzene rings is 2. The zero-order chi connectivity index (χ0) is 28.3. The van der Waals surface area contributed by atoms with Crippen molar-refractivity contribution >= 4 is 46.6 Å². The molecule has 2 aromatic carbocycles. The van der Waals surface area contributed by atoms with E-state index in [4.69, 9.17) is 0 Å². The van der Waals surface area contributed by atoms with Crippen molar-refractivity contribution in [3.63, 3.8) is 0 Å². The predicted molar refractivity (Wildman–Crippen MR) is 147 cm³/mol. The molecule has 0 bridgehead atoms. The topological polar surface area (TPSA) is 129 Å². The quantitative estimate of drug-likeness (QED) is 0.489. The van der Waals surface area contributed by atoms with Crippen molar-refractivity contribution < 1.29 is 24.0 Å². The van der Waals surface area contributed by atoms with Crippen LogP contribution in [0.4, 0.5) is 17.1 Å². The molecule has 1 aromatic heterocycles. The molecule has 6 rings (SSSR count). The monoisotopic (exact) mass is 537 g/mol. The number of carbonyl (C=O) groups excluding carboxylic acids is 5. The number of piperidine rings is 1. The van der Waals surface area contributed by atoms with Crippen molar-refractivity contribution in [3.05, 3.63) is 71.0 Å². The lowest BCUT2D eigenvalue weighted by Crippen LogP contribution is -2.54. The number of pyridine rings is 1. The highest BCUT2D eigenvalue weighted by Crippen LogP contribution is 2.41. The van der Waals surface area contributed by atoms with Crippen molar-refractivity contribution in [1.29, 1.82) is 0 Å². The molecule has 5 amide bonds. The fraction of sp³-hybridized carbons (Fsp3) is 0.267. The van der Waals surface area contributed by atoms with Gasteiger partial charge in [-0.2, -0.15) is 0 Å². The Balaban J connectivity index is 1.44. The van der Waals surface area contributed by atoms with Crippen LogP contribution in [0, 0.1) is 12.8 Å². The lowest BCUT2D eigenvalue weighted by Gasteiger charge is -2.31. The molecule has 40 heavy (non-hydrogen) atoms. The van der Waals surface area contributed by atoms with Crippen LogP contribution in [0.2, 0.25) is 0 Å². The smallest absolute Gasteiger partial charge is 0.264 e. The molecule has 2 N–H and O–H groups in total. The summed E-state index contributed by atoms with van der Waals surface area (Å²) in [4.78, 5) is 70.8. The molecule has 10 nitrogen and oxygen atoms in total. The fourth-order valence-corrected chi connectivity index (χ4v) is 5.79. The largest absolute Gasteiger partial charge is 0.354 e. The summed E-state index contributed by atoms with van der Waals surface area (Å²) in [6.07, 6.45) is 2.45. The summed E-state index contributed by atoms with van der Waals surface area (Å²) >= 11 is 0. The summed E-state index contributed by atoms with van der Waals surface area (Å²) < 4.78 is 0. The number of aromatic nitrogens is 1. The van der Waals surface area contributed by atoms with Crippen molar-refractivity contribution in [1.82, 2.24) is 15.2 Å². The van der Waals surface area contributed by atoms with Crippen molar-refractivity contribution in [2.45, 2.75) is 39.2 Å². The first-order valence-corrected chi connectivity index (χ1v) is 13.1. The summed E-state index contributed by atoms with van der Waals surface area (Å²) in [6, 6.07) is 11.7. The van der Waals surface area contributed by atoms with Gasteiger partial charge in [0.25, 0.3) is 11.8 Å². The summed E-state index contributed by atoms with van der Waals surface area (Å²) in [7, 11) is 1.75. The average molecular weight is 538 g/mol. The predicted octanol–water partition coefficient (Wildman–Crippen LogP) is 3.36. The van der Waals surface area contributed by atoms with Crippen molar-refractivity contribution in [3.8, 4) is 11.1 Å². The summed E-state index contributed by atoms with van der Waals surface area (Å²) in [5.74, 6) is -2.39. The molecule has 1 fully saturated rings. The number of carbonyl (C=O) groups is 5. The highest BCUT2D eigenvalue weighted by molar-refractivity contribution is 6.25. The molecule has 2 atom stereocenters. The standard InChI is InChI=1S/C30H27N5O5/c1-15-11-18-13-20(17-9-10-31-16(2)12-17)22(14-24(18)34(3)28(15)38)32-21-6-4-5-19-26(21)30(40)35(29(19)39)23-7-8-25(36)33-27(23)37/h4-6,9-10,12-15,23,32H,7-8,11H2,1-3H3,(H,33,36,37)/t15-,23+/m1/s1. The van der Waals surface area contributed by atoms with Crippen LogP contribution < -0.4 is 15.5 Å². The molecule has 3 aromatic rings. The Morgan fingerprint density at radius 2 is 1.77 bits per heavy atom. The number of imide groups is 2. The van der Waals surface area contributed by atoms with Crippen LogP contribution in [0.15, 0.2) is 48.7 Å². The van der Waals surface area contributed by atoms with E-state index in [-0.39, 0.29) is 35.8 Å². The van der Waals surface area contributed by atoms with Gasteiger partial charge in [-0.05, 0) is 67.3 Å². The number of rotatable bonds is 4. The molecule has 0 spiro atoms. The third kappa shape index (κ3) is 4.03. The van der Waals surface area contributed by atoms with Gasteiger partial charge in [-0.15, -0.1) is 0 Å². The number of nitrogens with one attached hydrogen (secondary N) is 2. The third-order valence-electron chi connectivity index (χ3n) is 7.80. The first-order chi connectivity index (χ1) is 19.1. The average Bonchev–Trinajstić information content (AvgIpc) is 3.18. The fourth-order valence-electron chi connectivity index (χ4n) is 5.79. The molecular weight excluding hydrogens is 510 g/mol. The van der Waals surface area contributed by atoms with Crippen LogP contribution in [-0.2, 0) is 20.8 Å². The molecule has 0 unspecified atom stereocenters. The summed E-state index contributed by atoms with van der Waals surface area (Å²) in [6.45, 7) is 3.82. The molecule has 4 heterocycles. The molecule has 3 aliphatic heterocycles. The number of aryl methyl sites for hydroxylation is 1. The number of hydrogen-bond donors (Lipinski definition) is 2. The normalized spacial score (nSPS) is 20.4. The van der Waals surface area contributed by atoms with Gasteiger partial charge in [0.1, 0.15) is 6.04 Å². The Hall–Kier alpha value is -4.86. The number of fused-ring (bicyclic) bond motifs is 2. The van der Waals surface area contributed by atoms with Gasteiger partial charge in [0, 0.05) is 48.2 Å². The first-order valence-electron chi connectivity index (χ1n) is 13.1. The van der Waals surface area contributed by atoms with E-state index in [1.54, 1.807) is 36.3 Å². The zero-order valence-corrected chi connectivity index (χ0v) is 22.3. The van der Waals surface area contributed by atoms with Gasteiger partial charge in [-0.3, -0.25) is 39.2 Å². The van der Waals surface area contributed by atoms with E-state index < -0.39 is 29.7 Å². The minimum Gasteiger partial charge on any atom is -0.354 e. The van der Waals surface area contributed by atoms with E-state index in [0.29, 0.717) is 17.8 Å². The van der Waals surface area contributed by atoms with Gasteiger partial charge in [0.05, 0.1) is 16.8 Å². The number of anilines is 3. The van der Waals surface area contributed by atoms with Crippen molar-refractivity contribution in [2.75, 3.05) is 17.3 Å². The lowest BCUT2D eigenvalue weighted by molar-refractivity contribution is -0.136. The van der Waals surface area contributed by atoms with Gasteiger partial charge >= 0.3 is 0 Å². The summed E-state index contributed by atoms with van der Waals surface area (Å²) in [5.41, 5.74) is 5.77. The van der Waals surface area contributed by atoms with E-state index in [0.717, 1.165) is 33.0 Å². The minimum atomic E-state index is -1.06. The molecule has 3 aliphatic rings. The maximum Gasteiger partial charge on any atom is 0.264 e. The van der Waals surface area contributed by atoms with Gasteiger partial charge in [0.2, 0.25) is 17.7 Å². The highest BCUT2D eigenvalue weighted by Gasteiger charge is 2.45. The Labute approximate surface area is 230 Å². The molecular formula is C30H27N5O5. The van der Waals surface area contributed by atoms with Crippen LogP contribution >= 0.6 is 0 Å². The van der Waals surface area contributed by atoms with Gasteiger partial charge < -0.3 is 10.2 Å². The minimum absolute atomic E-state index is 0.0206. The molecule has 0 radical (unpaired) electrons. The molecule has 0 saturated carbocycles. The third-order valence-corrected chi connectivity index (χ3v) is 7.80. The van der Waals surface area contributed by atoms with E-state index in [9.17, 15) is 24.0 Å². The second kappa shape index (κ2) is 9.41. The van der Waals surface area contributed by atoms with Gasteiger partial charge in [0.15, 0.2) is 0 Å². The van der Waals surface area contributed by atoms with E-state index in [2.05, 4.69) is 21.7 Å². The molecule has 10 heteroatoms. The Morgan fingerprint density at radius 3 is 2.52 bits per heavy atom. The SMILES string of the molecule is Cc1cc(-c2cc3c(cc2Nc2cccc4c2C(=O)N([C@H]2CCC(=O)NC2=O)C4=O)N(C)C(=O)[C@H](C)C3)ccn1. The second-order valence-electron chi connectivity index (χ2n) is 10.5. The second-order valence-corrected chi connectivity index (χ2v) is 10.5. The maximum atomic E-state index is 13.6. The van der Waals surface area contributed by atoms with Crippen LogP contribution in [0.5, 0.6) is 0 Å². The Kier molecular flexibility index (Phi) is 5.98. The first kappa shape index (κ1) is 25.4. The zero-order valence-electron chi connectivity index (χ0n) is 22.3. The number of hydrogen-bond acceptors (Lipinski definition) is 7. The molecule has 1 saturated heterocycles. The van der Waals surface area contributed by atoms with Crippen LogP contribution in [0.1, 0.15) is 51.7 Å². The van der Waals surface area contributed by atoms with E-state index in [1.807, 2.05) is 32.0 Å². The summed E-state index contributed by atoms with van der Waals surface area (Å²) in [5, 5.41) is 5.59. The van der Waals surface area contributed by atoms with Crippen LogP contribution in [0.3, 0.4) is 0 Å². The van der Waals surface area contributed by atoms with Gasteiger partial charge in [-0.1, -0.05) is 13.0 Å². The van der Waals surface area contributed by atoms with E-state index >= 15 is 0 Å². The molecule has 0 aliphatic carbocycles.